The van der Waals surface area contributed by atoms with E-state index in [1.165, 1.54) is 0 Å². The number of hydrogen-bond acceptors (Lipinski definition) is 4. The van der Waals surface area contributed by atoms with Crippen LogP contribution in [0.15, 0.2) is 16.5 Å². The molecule has 0 aromatic carbocycles. The highest BCUT2D eigenvalue weighted by molar-refractivity contribution is 6.29. The Hall–Kier alpha value is -1.04. The van der Waals surface area contributed by atoms with Crippen LogP contribution in [0.5, 0.6) is 0 Å². The number of hydrogen-bond donors (Lipinski definition) is 1. The third kappa shape index (κ3) is 2.34. The quantitative estimate of drug-likeness (QED) is 0.909. The van der Waals surface area contributed by atoms with E-state index in [-0.39, 0.29) is 16.5 Å². The molecule has 1 amide bonds. The van der Waals surface area contributed by atoms with Crippen LogP contribution in [0.2, 0.25) is 5.22 Å². The molecule has 5 nitrogen and oxygen atoms in total. The Bertz CT molecular complexity index is 516. The number of halogens is 1. The lowest BCUT2D eigenvalue weighted by atomic mass is 9.80. The minimum absolute atomic E-state index is 0.0515. The highest BCUT2D eigenvalue weighted by Gasteiger charge is 2.51. The van der Waals surface area contributed by atoms with Gasteiger partial charge in [-0.1, -0.05) is 0 Å². The summed E-state index contributed by atoms with van der Waals surface area (Å²) in [5, 5.41) is 3.73. The van der Waals surface area contributed by atoms with Crippen molar-refractivity contribution in [1.29, 1.82) is 0 Å². The number of likely N-dealkylation sites (tertiary alicyclic amines) is 1. The summed E-state index contributed by atoms with van der Waals surface area (Å²) in [6, 6.07) is 3.26. The summed E-state index contributed by atoms with van der Waals surface area (Å²) in [5.41, 5.74) is 0.162. The molecule has 2 unspecified atom stereocenters. The van der Waals surface area contributed by atoms with E-state index in [0.29, 0.717) is 11.7 Å². The van der Waals surface area contributed by atoms with Crippen molar-refractivity contribution >= 4 is 17.5 Å². The Balaban J connectivity index is 1.76. The maximum atomic E-state index is 12.5. The lowest BCUT2D eigenvalue weighted by Crippen LogP contribution is -2.42. The molecular formula is C14H20ClN3O2. The Kier molecular flexibility index (Phi) is 3.52. The number of carbonyl (C=O) groups excluding carboxylic acids is 1. The van der Waals surface area contributed by atoms with Gasteiger partial charge in [0.15, 0.2) is 11.0 Å². The number of furan rings is 1. The van der Waals surface area contributed by atoms with Crippen LogP contribution in [0.1, 0.15) is 10.6 Å². The molecule has 20 heavy (non-hydrogen) atoms. The number of nitrogens with zero attached hydrogens (tertiary/aromatic N) is 2. The molecule has 1 aromatic heterocycles. The molecule has 110 valence electrons. The fraction of sp³-hybridized carbons (Fsp3) is 0.643. The second-order valence-electron chi connectivity index (χ2n) is 6.22. The number of carbonyl (C=O) groups is 1. The molecule has 2 aliphatic heterocycles. The summed E-state index contributed by atoms with van der Waals surface area (Å²) in [6.07, 6.45) is 0. The fourth-order valence-electron chi connectivity index (χ4n) is 3.61. The van der Waals surface area contributed by atoms with Crippen molar-refractivity contribution in [1.82, 2.24) is 15.1 Å². The zero-order chi connectivity index (χ0) is 14.3. The van der Waals surface area contributed by atoms with Gasteiger partial charge in [-0.15, -0.1) is 0 Å². The zero-order valence-corrected chi connectivity index (χ0v) is 12.6. The predicted molar refractivity (Wildman–Crippen MR) is 77.0 cm³/mol. The van der Waals surface area contributed by atoms with Crippen LogP contribution in [0.3, 0.4) is 0 Å². The molecule has 3 rings (SSSR count). The molecule has 1 aromatic rings. The van der Waals surface area contributed by atoms with Crippen LogP contribution in [0.25, 0.3) is 0 Å². The van der Waals surface area contributed by atoms with Gasteiger partial charge in [-0.2, -0.15) is 0 Å². The van der Waals surface area contributed by atoms with Crippen molar-refractivity contribution in [3.63, 3.8) is 0 Å². The van der Waals surface area contributed by atoms with E-state index in [1.54, 1.807) is 12.1 Å². The van der Waals surface area contributed by atoms with E-state index in [0.717, 1.165) is 32.7 Å². The molecule has 6 heteroatoms. The van der Waals surface area contributed by atoms with Crippen molar-refractivity contribution in [2.75, 3.05) is 46.8 Å². The average molecular weight is 298 g/mol. The van der Waals surface area contributed by atoms with E-state index < -0.39 is 0 Å². The van der Waals surface area contributed by atoms with Gasteiger partial charge < -0.3 is 19.5 Å². The molecule has 0 bridgehead atoms. The van der Waals surface area contributed by atoms with Gasteiger partial charge in [0.05, 0.1) is 0 Å². The van der Waals surface area contributed by atoms with Crippen LogP contribution < -0.4 is 5.32 Å². The van der Waals surface area contributed by atoms with Crippen LogP contribution in [-0.2, 0) is 0 Å². The molecule has 2 atom stereocenters. The zero-order valence-electron chi connectivity index (χ0n) is 11.9. The lowest BCUT2D eigenvalue weighted by Gasteiger charge is -2.31. The molecule has 2 saturated heterocycles. The highest BCUT2D eigenvalue weighted by atomic mass is 35.5. The summed E-state index contributed by atoms with van der Waals surface area (Å²) < 4.78 is 5.24. The largest absolute Gasteiger partial charge is 0.440 e. The molecule has 3 heterocycles. The second kappa shape index (κ2) is 5.06. The maximum Gasteiger partial charge on any atom is 0.289 e. The van der Waals surface area contributed by atoms with Crippen molar-refractivity contribution in [3.8, 4) is 0 Å². The Morgan fingerprint density at radius 1 is 1.60 bits per heavy atom. The minimum atomic E-state index is -0.0515. The maximum absolute atomic E-state index is 12.5. The van der Waals surface area contributed by atoms with E-state index >= 15 is 0 Å². The first-order valence-electron chi connectivity index (χ1n) is 6.90. The molecule has 0 spiro atoms. The van der Waals surface area contributed by atoms with Gasteiger partial charge in [0.1, 0.15) is 0 Å². The summed E-state index contributed by atoms with van der Waals surface area (Å²) in [6.45, 7) is 4.51. The van der Waals surface area contributed by atoms with Crippen LogP contribution in [0.4, 0.5) is 0 Å². The fourth-order valence-corrected chi connectivity index (χ4v) is 3.76. The molecule has 0 saturated carbocycles. The van der Waals surface area contributed by atoms with Crippen molar-refractivity contribution in [2.45, 2.75) is 0 Å². The van der Waals surface area contributed by atoms with Crippen LogP contribution in [-0.4, -0.2) is 62.5 Å². The van der Waals surface area contributed by atoms with E-state index in [2.05, 4.69) is 24.3 Å². The highest BCUT2D eigenvalue weighted by Crippen LogP contribution is 2.40. The number of nitrogens with one attached hydrogen (secondary N) is 1. The molecule has 1 N–H and O–H groups in total. The van der Waals surface area contributed by atoms with Gasteiger partial charge >= 0.3 is 0 Å². The van der Waals surface area contributed by atoms with Gasteiger partial charge in [0.25, 0.3) is 5.91 Å². The Morgan fingerprint density at radius 3 is 3.05 bits per heavy atom. The third-order valence-corrected chi connectivity index (χ3v) is 4.59. The Labute approximate surface area is 123 Å². The van der Waals surface area contributed by atoms with Gasteiger partial charge in [-0.3, -0.25) is 4.79 Å². The predicted octanol–water partition coefficient (Wildman–Crippen LogP) is 1.16. The van der Waals surface area contributed by atoms with E-state index in [9.17, 15) is 4.79 Å². The topological polar surface area (TPSA) is 48.7 Å². The monoisotopic (exact) mass is 297 g/mol. The molecule has 0 radical (unpaired) electrons. The smallest absolute Gasteiger partial charge is 0.289 e. The molecule has 2 aliphatic rings. The first-order valence-corrected chi connectivity index (χ1v) is 7.28. The van der Waals surface area contributed by atoms with Gasteiger partial charge in [0.2, 0.25) is 0 Å². The third-order valence-electron chi connectivity index (χ3n) is 4.38. The first-order chi connectivity index (χ1) is 9.50. The summed E-state index contributed by atoms with van der Waals surface area (Å²) in [7, 11) is 4.17. The summed E-state index contributed by atoms with van der Waals surface area (Å²) in [5.74, 6) is 0.798. The number of amides is 1. The first kappa shape index (κ1) is 13.9. The van der Waals surface area contributed by atoms with E-state index in [1.807, 2.05) is 4.90 Å². The minimum Gasteiger partial charge on any atom is -0.440 e. The van der Waals surface area contributed by atoms with Crippen LogP contribution >= 0.6 is 11.6 Å². The summed E-state index contributed by atoms with van der Waals surface area (Å²) in [4.78, 5) is 16.6. The summed E-state index contributed by atoms with van der Waals surface area (Å²) >= 11 is 5.75. The molecule has 0 aliphatic carbocycles. The van der Waals surface area contributed by atoms with Crippen molar-refractivity contribution in [2.24, 2.45) is 11.3 Å². The van der Waals surface area contributed by atoms with Crippen LogP contribution in [0, 0.1) is 11.3 Å². The average Bonchev–Trinajstić information content (AvgIpc) is 3.00. The standard InChI is InChI=1S/C14H20ClN3O2/c1-17(2)8-14-7-16-5-10(14)6-18(9-14)13(19)11-3-4-12(15)20-11/h3-4,10,16H,5-9H2,1-2H3. The lowest BCUT2D eigenvalue weighted by molar-refractivity contribution is 0.0732. The van der Waals surface area contributed by atoms with Gasteiger partial charge in [-0.25, -0.2) is 0 Å². The molecular weight excluding hydrogens is 278 g/mol. The van der Waals surface area contributed by atoms with Gasteiger partial charge in [0, 0.05) is 38.1 Å². The van der Waals surface area contributed by atoms with Gasteiger partial charge in [-0.05, 0) is 43.7 Å². The second-order valence-corrected chi connectivity index (χ2v) is 6.59. The SMILES string of the molecule is CN(C)CC12CNCC1CN(C(=O)c1ccc(Cl)o1)C2. The number of rotatable bonds is 3. The van der Waals surface area contributed by atoms with Crippen molar-refractivity contribution < 1.29 is 9.21 Å². The number of fused-ring (bicyclic) bond motifs is 1. The molecule has 2 fully saturated rings. The Morgan fingerprint density at radius 2 is 2.40 bits per heavy atom. The van der Waals surface area contributed by atoms with Crippen molar-refractivity contribution in [3.05, 3.63) is 23.1 Å². The normalized spacial score (nSPS) is 29.2. The van der Waals surface area contributed by atoms with E-state index in [4.69, 9.17) is 16.0 Å².